The number of carbonyl (C=O) groups is 2. The number of rotatable bonds is 8. The van der Waals surface area contributed by atoms with Gasteiger partial charge in [-0.3, -0.25) is 9.59 Å². The zero-order valence-electron chi connectivity index (χ0n) is 13.8. The molecule has 0 unspecified atom stereocenters. The Bertz CT molecular complexity index is 539. The number of aromatic nitrogens is 1. The van der Waals surface area contributed by atoms with Gasteiger partial charge in [-0.05, 0) is 19.8 Å². The molecule has 0 atom stereocenters. The number of ether oxygens (including phenoxy) is 1. The summed E-state index contributed by atoms with van der Waals surface area (Å²) in [6.07, 6.45) is 4.97. The lowest BCUT2D eigenvalue weighted by molar-refractivity contribution is -0.126. The van der Waals surface area contributed by atoms with Crippen molar-refractivity contribution in [3.05, 3.63) is 15.6 Å². The number of nitrogens with zero attached hydrogens (tertiary/aromatic N) is 1. The second-order valence-corrected chi connectivity index (χ2v) is 7.04. The number of carbonyl (C=O) groups excluding carboxylic acids is 2. The van der Waals surface area contributed by atoms with Gasteiger partial charge in [0.1, 0.15) is 5.01 Å². The molecule has 1 aliphatic carbocycles. The lowest BCUT2D eigenvalue weighted by Gasteiger charge is -2.11. The van der Waals surface area contributed by atoms with Gasteiger partial charge in [0.15, 0.2) is 0 Å². The number of hydrogen-bond donors (Lipinski definition) is 2. The number of amides is 2. The van der Waals surface area contributed by atoms with Crippen molar-refractivity contribution in [2.45, 2.75) is 64.6 Å². The van der Waals surface area contributed by atoms with Crippen LogP contribution in [-0.4, -0.2) is 29.9 Å². The van der Waals surface area contributed by atoms with Gasteiger partial charge in [-0.15, -0.1) is 11.3 Å². The lowest BCUT2D eigenvalue weighted by Crippen LogP contribution is -2.33. The van der Waals surface area contributed by atoms with E-state index in [0.29, 0.717) is 19.2 Å². The molecule has 0 bridgehead atoms. The van der Waals surface area contributed by atoms with Crippen LogP contribution in [0.2, 0.25) is 0 Å². The first-order valence-corrected chi connectivity index (χ1v) is 8.90. The molecule has 6 nitrogen and oxygen atoms in total. The van der Waals surface area contributed by atoms with E-state index in [4.69, 9.17) is 4.74 Å². The predicted molar refractivity (Wildman–Crippen MR) is 89.0 cm³/mol. The standard InChI is InChI=1S/C16H25N3O3S/c1-11-13(23-16(18-11)10-22-2)9-17-14(20)7-8-15(21)19-12-5-3-4-6-12/h12H,3-10H2,1-2H3,(H,17,20)(H,19,21). The molecule has 0 radical (unpaired) electrons. The summed E-state index contributed by atoms with van der Waals surface area (Å²) in [6, 6.07) is 0.310. The van der Waals surface area contributed by atoms with E-state index in [1.54, 1.807) is 18.4 Å². The number of nitrogens with one attached hydrogen (secondary N) is 2. The van der Waals surface area contributed by atoms with Crippen LogP contribution in [0.4, 0.5) is 0 Å². The summed E-state index contributed by atoms with van der Waals surface area (Å²) in [5.41, 5.74) is 0.918. The fraction of sp³-hybridized carbons (Fsp3) is 0.688. The third-order valence-electron chi connectivity index (χ3n) is 3.95. The maximum absolute atomic E-state index is 11.9. The molecule has 1 aromatic heterocycles. The van der Waals surface area contributed by atoms with Gasteiger partial charge in [-0.25, -0.2) is 4.98 Å². The normalized spacial score (nSPS) is 14.9. The summed E-state index contributed by atoms with van der Waals surface area (Å²) in [5.74, 6) is -0.129. The van der Waals surface area contributed by atoms with Crippen molar-refractivity contribution in [1.82, 2.24) is 15.6 Å². The molecule has 2 amide bonds. The highest BCUT2D eigenvalue weighted by molar-refractivity contribution is 7.11. The first-order valence-electron chi connectivity index (χ1n) is 8.08. The van der Waals surface area contributed by atoms with Crippen LogP contribution in [0.3, 0.4) is 0 Å². The number of methoxy groups -OCH3 is 1. The van der Waals surface area contributed by atoms with Gasteiger partial charge in [0.2, 0.25) is 11.8 Å². The molecule has 23 heavy (non-hydrogen) atoms. The molecule has 0 saturated heterocycles. The van der Waals surface area contributed by atoms with Gasteiger partial charge in [-0.1, -0.05) is 12.8 Å². The van der Waals surface area contributed by atoms with Crippen LogP contribution >= 0.6 is 11.3 Å². The molecule has 0 aromatic carbocycles. The minimum absolute atomic E-state index is 0.0246. The number of thiazole rings is 1. The second-order valence-electron chi connectivity index (χ2n) is 5.87. The van der Waals surface area contributed by atoms with Crippen LogP contribution in [0.25, 0.3) is 0 Å². The molecule has 1 fully saturated rings. The van der Waals surface area contributed by atoms with Crippen LogP contribution in [0.5, 0.6) is 0 Å². The monoisotopic (exact) mass is 339 g/mol. The maximum Gasteiger partial charge on any atom is 0.220 e. The SMILES string of the molecule is COCc1nc(C)c(CNC(=O)CCC(=O)NC2CCCC2)s1. The molecule has 0 spiro atoms. The van der Waals surface area contributed by atoms with E-state index in [2.05, 4.69) is 15.6 Å². The predicted octanol–water partition coefficient (Wildman–Crippen LogP) is 2.05. The van der Waals surface area contributed by atoms with E-state index in [-0.39, 0.29) is 24.7 Å². The van der Waals surface area contributed by atoms with Crippen molar-refractivity contribution < 1.29 is 14.3 Å². The van der Waals surface area contributed by atoms with E-state index in [9.17, 15) is 9.59 Å². The van der Waals surface area contributed by atoms with Crippen LogP contribution in [0.1, 0.15) is 54.1 Å². The summed E-state index contributed by atoms with van der Waals surface area (Å²) in [4.78, 5) is 29.1. The average Bonchev–Trinajstić information content (AvgIpc) is 3.13. The Morgan fingerprint density at radius 1 is 1.26 bits per heavy atom. The fourth-order valence-corrected chi connectivity index (χ4v) is 3.68. The van der Waals surface area contributed by atoms with Gasteiger partial charge in [0.25, 0.3) is 0 Å². The maximum atomic E-state index is 11.9. The van der Waals surface area contributed by atoms with Crippen molar-refractivity contribution >= 4 is 23.2 Å². The van der Waals surface area contributed by atoms with Gasteiger partial charge in [0.05, 0.1) is 18.8 Å². The Labute approximate surface area is 141 Å². The minimum Gasteiger partial charge on any atom is -0.378 e. The summed E-state index contributed by atoms with van der Waals surface area (Å²) in [6.45, 7) is 2.86. The van der Waals surface area contributed by atoms with Gasteiger partial charge in [0, 0.05) is 30.9 Å². The number of hydrogen-bond acceptors (Lipinski definition) is 5. The topological polar surface area (TPSA) is 80.3 Å². The molecular weight excluding hydrogens is 314 g/mol. The van der Waals surface area contributed by atoms with Crippen molar-refractivity contribution in [3.63, 3.8) is 0 Å². The van der Waals surface area contributed by atoms with Crippen LogP contribution in [0.15, 0.2) is 0 Å². The van der Waals surface area contributed by atoms with Crippen molar-refractivity contribution in [2.24, 2.45) is 0 Å². The third kappa shape index (κ3) is 5.91. The first-order chi connectivity index (χ1) is 11.1. The average molecular weight is 339 g/mol. The zero-order chi connectivity index (χ0) is 16.7. The molecule has 1 saturated carbocycles. The van der Waals surface area contributed by atoms with Crippen LogP contribution in [-0.2, 0) is 27.5 Å². The molecule has 128 valence electrons. The quantitative estimate of drug-likeness (QED) is 0.760. The van der Waals surface area contributed by atoms with Gasteiger partial charge in [-0.2, -0.15) is 0 Å². The zero-order valence-corrected chi connectivity index (χ0v) is 14.6. The van der Waals surface area contributed by atoms with Crippen LogP contribution < -0.4 is 10.6 Å². The second kappa shape index (κ2) is 8.98. The molecule has 1 aliphatic rings. The Kier molecular flexibility index (Phi) is 6.98. The third-order valence-corrected chi connectivity index (χ3v) is 5.08. The Morgan fingerprint density at radius 2 is 1.96 bits per heavy atom. The highest BCUT2D eigenvalue weighted by Gasteiger charge is 2.17. The summed E-state index contributed by atoms with van der Waals surface area (Å²) in [7, 11) is 1.63. The molecule has 2 N–H and O–H groups in total. The smallest absolute Gasteiger partial charge is 0.220 e. The lowest BCUT2D eigenvalue weighted by atomic mass is 10.2. The first kappa shape index (κ1) is 17.9. The largest absolute Gasteiger partial charge is 0.378 e. The van der Waals surface area contributed by atoms with Gasteiger partial charge >= 0.3 is 0 Å². The molecule has 1 aromatic rings. The summed E-state index contributed by atoms with van der Waals surface area (Å²) < 4.78 is 5.06. The molecule has 1 heterocycles. The van der Waals surface area contributed by atoms with E-state index in [1.165, 1.54) is 12.8 Å². The Hall–Kier alpha value is -1.47. The Balaban J connectivity index is 1.67. The van der Waals surface area contributed by atoms with Gasteiger partial charge < -0.3 is 15.4 Å². The summed E-state index contributed by atoms with van der Waals surface area (Å²) >= 11 is 1.54. The highest BCUT2D eigenvalue weighted by Crippen LogP contribution is 2.19. The van der Waals surface area contributed by atoms with Crippen LogP contribution in [0, 0.1) is 6.92 Å². The molecule has 0 aliphatic heterocycles. The van der Waals surface area contributed by atoms with E-state index >= 15 is 0 Å². The minimum atomic E-state index is -0.104. The Morgan fingerprint density at radius 3 is 2.65 bits per heavy atom. The molecular formula is C16H25N3O3S. The fourth-order valence-electron chi connectivity index (χ4n) is 2.70. The van der Waals surface area contributed by atoms with Crippen molar-refractivity contribution in [2.75, 3.05) is 7.11 Å². The van der Waals surface area contributed by atoms with Crippen molar-refractivity contribution in [1.29, 1.82) is 0 Å². The van der Waals surface area contributed by atoms with E-state index < -0.39 is 0 Å². The van der Waals surface area contributed by atoms with E-state index in [1.807, 2.05) is 6.92 Å². The molecule has 7 heteroatoms. The number of aryl methyl sites for hydroxylation is 1. The van der Waals surface area contributed by atoms with Crippen molar-refractivity contribution in [3.8, 4) is 0 Å². The summed E-state index contributed by atoms with van der Waals surface area (Å²) in [5, 5.41) is 6.76. The highest BCUT2D eigenvalue weighted by atomic mass is 32.1. The molecule has 2 rings (SSSR count). The van der Waals surface area contributed by atoms with E-state index in [0.717, 1.165) is 28.4 Å².